The maximum absolute atomic E-state index is 12.2. The van der Waals surface area contributed by atoms with E-state index in [2.05, 4.69) is 5.32 Å². The number of anilines is 1. The molecule has 0 aliphatic carbocycles. The first kappa shape index (κ1) is 19.1. The molecule has 8 heteroatoms. The summed E-state index contributed by atoms with van der Waals surface area (Å²) in [6.45, 7) is 1.41. The molecule has 0 saturated heterocycles. The highest BCUT2D eigenvalue weighted by Crippen LogP contribution is 2.33. The van der Waals surface area contributed by atoms with Crippen LogP contribution in [0.2, 0.25) is 15.1 Å². The van der Waals surface area contributed by atoms with E-state index in [-0.39, 0.29) is 21.3 Å². The molecular formula is C17H11Cl3N2O3. The van der Waals surface area contributed by atoms with Gasteiger partial charge in [0.2, 0.25) is 0 Å². The van der Waals surface area contributed by atoms with Crippen molar-refractivity contribution in [2.75, 3.05) is 5.32 Å². The zero-order valence-corrected chi connectivity index (χ0v) is 15.1. The third kappa shape index (κ3) is 4.86. The second-order valence-electron chi connectivity index (χ2n) is 4.97. The van der Waals surface area contributed by atoms with Crippen molar-refractivity contribution in [2.45, 2.75) is 13.0 Å². The van der Waals surface area contributed by atoms with E-state index in [1.807, 2.05) is 6.07 Å². The summed E-state index contributed by atoms with van der Waals surface area (Å²) in [5.74, 6) is -1.30. The summed E-state index contributed by atoms with van der Waals surface area (Å²) >= 11 is 17.8. The highest BCUT2D eigenvalue weighted by atomic mass is 35.5. The summed E-state index contributed by atoms with van der Waals surface area (Å²) in [4.78, 5) is 24.2. The number of rotatable bonds is 4. The molecule has 0 radical (unpaired) electrons. The lowest BCUT2D eigenvalue weighted by molar-refractivity contribution is -0.123. The van der Waals surface area contributed by atoms with Gasteiger partial charge in [-0.2, -0.15) is 5.26 Å². The van der Waals surface area contributed by atoms with Gasteiger partial charge in [-0.05, 0) is 43.3 Å². The lowest BCUT2D eigenvalue weighted by Gasteiger charge is -2.15. The molecule has 0 aromatic heterocycles. The standard InChI is InChI=1S/C17H11Cl3N2O3/c1-9(25-17(24)11-4-2-10(8-21)3-5-11)16(23)22-15-13(19)6-12(18)7-14(15)20/h2-7,9H,1H3,(H,22,23)/t9-/m1/s1. The molecule has 0 unspecified atom stereocenters. The van der Waals surface area contributed by atoms with E-state index in [0.29, 0.717) is 10.6 Å². The van der Waals surface area contributed by atoms with Gasteiger partial charge >= 0.3 is 5.97 Å². The molecule has 0 heterocycles. The van der Waals surface area contributed by atoms with Crippen LogP contribution < -0.4 is 5.32 Å². The third-order valence-corrected chi connectivity index (χ3v) is 3.97. The van der Waals surface area contributed by atoms with Gasteiger partial charge in [0.25, 0.3) is 5.91 Å². The summed E-state index contributed by atoms with van der Waals surface area (Å²) < 4.78 is 5.10. The quantitative estimate of drug-likeness (QED) is 0.758. The number of esters is 1. The summed E-state index contributed by atoms with van der Waals surface area (Å²) in [6.07, 6.45) is -1.09. The van der Waals surface area contributed by atoms with Crippen molar-refractivity contribution in [3.8, 4) is 6.07 Å². The van der Waals surface area contributed by atoms with Crippen molar-refractivity contribution in [2.24, 2.45) is 0 Å². The number of carbonyl (C=O) groups is 2. The van der Waals surface area contributed by atoms with Crippen molar-refractivity contribution >= 4 is 52.4 Å². The second kappa shape index (κ2) is 8.21. The van der Waals surface area contributed by atoms with E-state index < -0.39 is 18.0 Å². The van der Waals surface area contributed by atoms with Gasteiger partial charge in [-0.1, -0.05) is 34.8 Å². The van der Waals surface area contributed by atoms with Crippen molar-refractivity contribution in [3.63, 3.8) is 0 Å². The Bertz CT molecular complexity index is 837. The minimum atomic E-state index is -1.09. The van der Waals surface area contributed by atoms with E-state index in [9.17, 15) is 9.59 Å². The van der Waals surface area contributed by atoms with Crippen LogP contribution in [0.5, 0.6) is 0 Å². The van der Waals surface area contributed by atoms with Crippen molar-refractivity contribution in [3.05, 3.63) is 62.6 Å². The van der Waals surface area contributed by atoms with E-state index in [1.165, 1.54) is 43.3 Å². The highest BCUT2D eigenvalue weighted by Gasteiger charge is 2.21. The molecule has 128 valence electrons. The van der Waals surface area contributed by atoms with E-state index >= 15 is 0 Å². The Hall–Kier alpha value is -2.26. The third-order valence-electron chi connectivity index (χ3n) is 3.16. The minimum absolute atomic E-state index is 0.163. The smallest absolute Gasteiger partial charge is 0.338 e. The first-order valence-corrected chi connectivity index (χ1v) is 8.11. The molecule has 25 heavy (non-hydrogen) atoms. The number of nitrogens with one attached hydrogen (secondary N) is 1. The van der Waals surface area contributed by atoms with Gasteiger partial charge in [0.15, 0.2) is 6.10 Å². The fraction of sp³-hybridized carbons (Fsp3) is 0.118. The number of halogens is 3. The molecule has 0 aliphatic rings. The van der Waals surface area contributed by atoms with Gasteiger partial charge in [0.1, 0.15) is 0 Å². The molecule has 0 saturated carbocycles. The highest BCUT2D eigenvalue weighted by molar-refractivity contribution is 6.42. The fourth-order valence-electron chi connectivity index (χ4n) is 1.85. The average molecular weight is 398 g/mol. The maximum Gasteiger partial charge on any atom is 0.338 e. The lowest BCUT2D eigenvalue weighted by Crippen LogP contribution is -2.30. The average Bonchev–Trinajstić information content (AvgIpc) is 2.57. The number of benzene rings is 2. The van der Waals surface area contributed by atoms with E-state index in [0.717, 1.165) is 0 Å². The van der Waals surface area contributed by atoms with E-state index in [1.54, 1.807) is 0 Å². The Morgan fingerprint density at radius 3 is 2.20 bits per heavy atom. The molecule has 2 aromatic carbocycles. The number of amides is 1. The predicted molar refractivity (Wildman–Crippen MR) is 96.1 cm³/mol. The molecule has 2 aromatic rings. The zero-order chi connectivity index (χ0) is 18.6. The molecule has 1 amide bonds. The van der Waals surface area contributed by atoms with Gasteiger partial charge in [0.05, 0.1) is 32.9 Å². The van der Waals surface area contributed by atoms with Gasteiger partial charge in [-0.25, -0.2) is 4.79 Å². The van der Waals surface area contributed by atoms with Gasteiger partial charge in [0, 0.05) is 5.02 Å². The molecule has 2 rings (SSSR count). The summed E-state index contributed by atoms with van der Waals surface area (Å²) in [5, 5.41) is 11.9. The van der Waals surface area contributed by atoms with Crippen molar-refractivity contribution in [1.29, 1.82) is 5.26 Å². The topological polar surface area (TPSA) is 79.2 Å². The Labute approximate surface area is 159 Å². The van der Waals surface area contributed by atoms with E-state index in [4.69, 9.17) is 44.8 Å². The number of carbonyl (C=O) groups excluding carboxylic acids is 2. The van der Waals surface area contributed by atoms with Crippen LogP contribution in [0.15, 0.2) is 36.4 Å². The van der Waals surface area contributed by atoms with Crippen LogP contribution in [0, 0.1) is 11.3 Å². The molecule has 0 aliphatic heterocycles. The van der Waals surface area contributed by atoms with Crippen molar-refractivity contribution in [1.82, 2.24) is 0 Å². The molecule has 1 N–H and O–H groups in total. The van der Waals surface area contributed by atoms with Crippen LogP contribution >= 0.6 is 34.8 Å². The summed E-state index contributed by atoms with van der Waals surface area (Å²) in [6, 6.07) is 10.6. The molecular weight excluding hydrogens is 387 g/mol. The normalized spacial score (nSPS) is 11.3. The second-order valence-corrected chi connectivity index (χ2v) is 6.22. The number of hydrogen-bond donors (Lipinski definition) is 1. The number of hydrogen-bond acceptors (Lipinski definition) is 4. The monoisotopic (exact) mass is 396 g/mol. The van der Waals surface area contributed by atoms with Gasteiger partial charge in [-0.15, -0.1) is 0 Å². The number of nitrogens with zero attached hydrogens (tertiary/aromatic N) is 1. The van der Waals surface area contributed by atoms with Crippen molar-refractivity contribution < 1.29 is 14.3 Å². The lowest BCUT2D eigenvalue weighted by atomic mass is 10.1. The van der Waals surface area contributed by atoms with Crippen LogP contribution in [-0.2, 0) is 9.53 Å². The SMILES string of the molecule is C[C@@H](OC(=O)c1ccc(C#N)cc1)C(=O)Nc1c(Cl)cc(Cl)cc1Cl. The number of nitriles is 1. The summed E-state index contributed by atoms with van der Waals surface area (Å²) in [5.41, 5.74) is 0.814. The zero-order valence-electron chi connectivity index (χ0n) is 12.8. The van der Waals surface area contributed by atoms with Crippen LogP contribution in [-0.4, -0.2) is 18.0 Å². The fourth-order valence-corrected chi connectivity index (χ4v) is 2.76. The van der Waals surface area contributed by atoms with Crippen LogP contribution in [0.4, 0.5) is 5.69 Å². The molecule has 0 fully saturated rings. The van der Waals surface area contributed by atoms with Crippen LogP contribution in [0.1, 0.15) is 22.8 Å². The summed E-state index contributed by atoms with van der Waals surface area (Å²) in [7, 11) is 0. The van der Waals surface area contributed by atoms with Crippen LogP contribution in [0.3, 0.4) is 0 Å². The largest absolute Gasteiger partial charge is 0.449 e. The van der Waals surface area contributed by atoms with Crippen LogP contribution in [0.25, 0.3) is 0 Å². The Morgan fingerprint density at radius 2 is 1.68 bits per heavy atom. The Balaban J connectivity index is 2.05. The van der Waals surface area contributed by atoms with Gasteiger partial charge in [-0.3, -0.25) is 4.79 Å². The first-order chi connectivity index (χ1) is 11.8. The Morgan fingerprint density at radius 1 is 1.12 bits per heavy atom. The molecule has 0 spiro atoms. The van der Waals surface area contributed by atoms with Gasteiger partial charge < -0.3 is 10.1 Å². The molecule has 1 atom stereocenters. The minimum Gasteiger partial charge on any atom is -0.449 e. The predicted octanol–water partition coefficient (Wildman–Crippen LogP) is 4.70. The molecule has 0 bridgehead atoms. The number of ether oxygens (including phenoxy) is 1. The molecule has 5 nitrogen and oxygen atoms in total. The maximum atomic E-state index is 12.2. The first-order valence-electron chi connectivity index (χ1n) is 6.98. The Kier molecular flexibility index (Phi) is 6.27.